The molecule has 1 fully saturated rings. The summed E-state index contributed by atoms with van der Waals surface area (Å²) < 4.78 is 0. The van der Waals surface area contributed by atoms with E-state index in [0.717, 1.165) is 6.42 Å². The molecule has 0 radical (unpaired) electrons. The summed E-state index contributed by atoms with van der Waals surface area (Å²) in [4.78, 5) is 11.3. The number of carbonyl (C=O) groups is 1. The number of carboxylic acids is 1. The average molecular weight is 196 g/mol. The Labute approximate surface area is 83.9 Å². The van der Waals surface area contributed by atoms with Crippen LogP contribution in [0.25, 0.3) is 0 Å². The zero-order valence-corrected chi connectivity index (χ0v) is 8.42. The molecule has 1 heterocycles. The van der Waals surface area contributed by atoms with Crippen LogP contribution in [0.3, 0.4) is 0 Å². The molecule has 1 aliphatic rings. The number of hydrogen-bond donors (Lipinski definition) is 2. The SMILES string of the molecule is CC[C@@H]1CNCC[C@]1(CC#N)C(=O)O. The molecule has 0 amide bonds. The molecule has 0 unspecified atom stereocenters. The van der Waals surface area contributed by atoms with Crippen LogP contribution >= 0.6 is 0 Å². The van der Waals surface area contributed by atoms with Gasteiger partial charge in [0.15, 0.2) is 0 Å². The molecule has 0 aliphatic carbocycles. The molecule has 4 nitrogen and oxygen atoms in total. The van der Waals surface area contributed by atoms with Crippen LogP contribution in [-0.4, -0.2) is 24.2 Å². The zero-order chi connectivity index (χ0) is 10.6. The highest BCUT2D eigenvalue weighted by atomic mass is 16.4. The third-order valence-corrected chi connectivity index (χ3v) is 3.23. The van der Waals surface area contributed by atoms with Gasteiger partial charge in [-0.15, -0.1) is 0 Å². The first-order chi connectivity index (χ1) is 6.67. The molecule has 14 heavy (non-hydrogen) atoms. The first-order valence-electron chi connectivity index (χ1n) is 4.98. The van der Waals surface area contributed by atoms with Gasteiger partial charge in [-0.05, 0) is 25.4 Å². The number of nitrogens with zero attached hydrogens (tertiary/aromatic N) is 1. The minimum Gasteiger partial charge on any atom is -0.481 e. The molecule has 1 rings (SSSR count). The van der Waals surface area contributed by atoms with Crippen molar-refractivity contribution >= 4 is 5.97 Å². The molecule has 2 atom stereocenters. The van der Waals surface area contributed by atoms with E-state index in [9.17, 15) is 9.90 Å². The minimum absolute atomic E-state index is 0.0772. The van der Waals surface area contributed by atoms with Crippen molar-refractivity contribution in [2.45, 2.75) is 26.2 Å². The Morgan fingerprint density at radius 2 is 2.50 bits per heavy atom. The summed E-state index contributed by atoms with van der Waals surface area (Å²) >= 11 is 0. The van der Waals surface area contributed by atoms with Gasteiger partial charge in [0.1, 0.15) is 0 Å². The lowest BCUT2D eigenvalue weighted by atomic mass is 9.68. The van der Waals surface area contributed by atoms with Gasteiger partial charge in [-0.25, -0.2) is 0 Å². The maximum Gasteiger partial charge on any atom is 0.311 e. The Balaban J connectivity index is 2.91. The molecule has 1 saturated heterocycles. The maximum absolute atomic E-state index is 11.3. The Bertz CT molecular complexity index is 259. The molecular formula is C10H16N2O2. The van der Waals surface area contributed by atoms with Crippen LogP contribution in [0.1, 0.15) is 26.2 Å². The molecule has 0 aromatic rings. The Morgan fingerprint density at radius 3 is 3.00 bits per heavy atom. The number of piperidine rings is 1. The number of aliphatic carboxylic acids is 1. The van der Waals surface area contributed by atoms with Crippen LogP contribution in [-0.2, 0) is 4.79 Å². The maximum atomic E-state index is 11.3. The summed E-state index contributed by atoms with van der Waals surface area (Å²) in [6.45, 7) is 3.39. The zero-order valence-electron chi connectivity index (χ0n) is 8.42. The van der Waals surface area contributed by atoms with Crippen molar-refractivity contribution in [1.29, 1.82) is 5.26 Å². The average Bonchev–Trinajstić information content (AvgIpc) is 2.18. The van der Waals surface area contributed by atoms with Crippen LogP contribution in [0, 0.1) is 22.7 Å². The second kappa shape index (κ2) is 4.43. The third kappa shape index (κ3) is 1.73. The lowest BCUT2D eigenvalue weighted by Gasteiger charge is -2.39. The van der Waals surface area contributed by atoms with Crippen molar-refractivity contribution in [3.8, 4) is 6.07 Å². The van der Waals surface area contributed by atoms with Crippen LogP contribution in [0.4, 0.5) is 0 Å². The summed E-state index contributed by atoms with van der Waals surface area (Å²) in [5.74, 6) is -0.735. The van der Waals surface area contributed by atoms with E-state index < -0.39 is 11.4 Å². The molecule has 4 heteroatoms. The molecule has 0 bridgehead atoms. The van der Waals surface area contributed by atoms with Gasteiger partial charge >= 0.3 is 5.97 Å². The highest BCUT2D eigenvalue weighted by Crippen LogP contribution is 2.39. The molecule has 2 N–H and O–H groups in total. The quantitative estimate of drug-likeness (QED) is 0.706. The number of hydrogen-bond acceptors (Lipinski definition) is 3. The molecule has 0 aromatic carbocycles. The van der Waals surface area contributed by atoms with Crippen molar-refractivity contribution in [3.05, 3.63) is 0 Å². The molecule has 0 aromatic heterocycles. The molecule has 78 valence electrons. The summed E-state index contributed by atoms with van der Waals surface area (Å²) in [6.07, 6.45) is 1.50. The van der Waals surface area contributed by atoms with Crippen molar-refractivity contribution < 1.29 is 9.90 Å². The van der Waals surface area contributed by atoms with Crippen molar-refractivity contribution in [2.24, 2.45) is 11.3 Å². The number of rotatable bonds is 3. The first-order valence-corrected chi connectivity index (χ1v) is 4.98. The largest absolute Gasteiger partial charge is 0.481 e. The van der Waals surface area contributed by atoms with Crippen molar-refractivity contribution in [3.63, 3.8) is 0 Å². The lowest BCUT2D eigenvalue weighted by Crippen LogP contribution is -2.49. The standard InChI is InChI=1S/C10H16N2O2/c1-2-8-7-12-6-4-10(8,3-5-11)9(13)14/h8,12H,2-4,6-7H2,1H3,(H,13,14)/t8-,10+/m1/s1. The van der Waals surface area contributed by atoms with E-state index in [4.69, 9.17) is 5.26 Å². The van der Waals surface area contributed by atoms with E-state index in [0.29, 0.717) is 19.5 Å². The summed E-state index contributed by atoms with van der Waals surface area (Å²) in [5, 5.41) is 21.1. The van der Waals surface area contributed by atoms with E-state index in [2.05, 4.69) is 5.32 Å². The summed E-state index contributed by atoms with van der Waals surface area (Å²) in [7, 11) is 0. The Kier molecular flexibility index (Phi) is 3.48. The third-order valence-electron chi connectivity index (χ3n) is 3.23. The number of nitrogens with one attached hydrogen (secondary N) is 1. The monoisotopic (exact) mass is 196 g/mol. The topological polar surface area (TPSA) is 73.1 Å². The van der Waals surface area contributed by atoms with Gasteiger partial charge in [0.25, 0.3) is 0 Å². The second-order valence-corrected chi connectivity index (χ2v) is 3.86. The van der Waals surface area contributed by atoms with Crippen molar-refractivity contribution in [1.82, 2.24) is 5.32 Å². The molecular weight excluding hydrogens is 180 g/mol. The van der Waals surface area contributed by atoms with Crippen LogP contribution < -0.4 is 5.32 Å². The smallest absolute Gasteiger partial charge is 0.311 e. The fourth-order valence-corrected chi connectivity index (χ4v) is 2.25. The van der Waals surface area contributed by atoms with Gasteiger partial charge in [-0.3, -0.25) is 4.79 Å². The predicted molar refractivity (Wildman–Crippen MR) is 51.6 cm³/mol. The van der Waals surface area contributed by atoms with E-state index in [1.807, 2.05) is 13.0 Å². The lowest BCUT2D eigenvalue weighted by molar-refractivity contribution is -0.154. The highest BCUT2D eigenvalue weighted by molar-refractivity contribution is 5.75. The number of carboxylic acid groups (broad SMARTS) is 1. The Morgan fingerprint density at radius 1 is 1.79 bits per heavy atom. The van der Waals surface area contributed by atoms with Gasteiger partial charge in [-0.2, -0.15) is 5.26 Å². The normalized spacial score (nSPS) is 32.1. The fraction of sp³-hybridized carbons (Fsp3) is 0.800. The van der Waals surface area contributed by atoms with Gasteiger partial charge in [0, 0.05) is 0 Å². The van der Waals surface area contributed by atoms with Gasteiger partial charge in [0.2, 0.25) is 0 Å². The molecule has 1 aliphatic heterocycles. The number of nitriles is 1. The van der Waals surface area contributed by atoms with Crippen LogP contribution in [0.2, 0.25) is 0 Å². The predicted octanol–water partition coefficient (Wildman–Crippen LogP) is 0.991. The fourth-order valence-electron chi connectivity index (χ4n) is 2.25. The van der Waals surface area contributed by atoms with Gasteiger partial charge in [-0.1, -0.05) is 13.3 Å². The van der Waals surface area contributed by atoms with E-state index in [1.165, 1.54) is 0 Å². The first kappa shape index (κ1) is 11.0. The van der Waals surface area contributed by atoms with Crippen LogP contribution in [0.5, 0.6) is 0 Å². The molecule has 0 spiro atoms. The van der Waals surface area contributed by atoms with Gasteiger partial charge < -0.3 is 10.4 Å². The van der Waals surface area contributed by atoms with Crippen LogP contribution in [0.15, 0.2) is 0 Å². The van der Waals surface area contributed by atoms with E-state index >= 15 is 0 Å². The summed E-state index contributed by atoms with van der Waals surface area (Å²) in [6, 6.07) is 2.02. The van der Waals surface area contributed by atoms with Crippen molar-refractivity contribution in [2.75, 3.05) is 13.1 Å². The van der Waals surface area contributed by atoms with E-state index in [1.54, 1.807) is 0 Å². The summed E-state index contributed by atoms with van der Waals surface area (Å²) in [5.41, 5.74) is -0.811. The van der Waals surface area contributed by atoms with E-state index in [-0.39, 0.29) is 12.3 Å². The van der Waals surface area contributed by atoms with Gasteiger partial charge in [0.05, 0.1) is 17.9 Å². The Hall–Kier alpha value is -1.08. The highest BCUT2D eigenvalue weighted by Gasteiger charge is 2.46. The second-order valence-electron chi connectivity index (χ2n) is 3.86. The molecule has 0 saturated carbocycles. The minimum atomic E-state index is -0.813.